The van der Waals surface area contributed by atoms with Gasteiger partial charge in [-0.05, 0) is 26.7 Å². The molecule has 0 bridgehead atoms. The topological polar surface area (TPSA) is 253 Å². The number of carboxylic acids is 1. The average molecular weight is 759 g/mol. The van der Waals surface area contributed by atoms with Crippen molar-refractivity contribution in [1.82, 2.24) is 16.0 Å². The predicted molar refractivity (Wildman–Crippen MR) is 195 cm³/mol. The summed E-state index contributed by atoms with van der Waals surface area (Å²) in [7, 11) is 0. The zero-order valence-corrected chi connectivity index (χ0v) is 32.1. The molecule has 1 aliphatic rings. The number of aliphatic carboxylic acids is 1. The minimum Gasteiger partial charge on any atom is -0.481 e. The van der Waals surface area contributed by atoms with Crippen molar-refractivity contribution in [1.29, 1.82) is 0 Å². The molecule has 1 rings (SSSR count). The molecule has 8 N–H and O–H groups in total. The highest BCUT2D eigenvalue weighted by Gasteiger charge is 2.47. The van der Waals surface area contributed by atoms with Gasteiger partial charge in [-0.1, -0.05) is 96.8 Å². The fraction of sp³-hybridized carbons (Fsp3) is 0.838. The Bertz CT molecular complexity index is 1130. The predicted octanol–water partition coefficient (Wildman–Crippen LogP) is 2.49. The molecular weight excluding hydrogens is 692 g/mol. The molecule has 16 nitrogen and oxygen atoms in total. The van der Waals surface area contributed by atoms with Gasteiger partial charge in [0.25, 0.3) is 0 Å². The molecule has 1 heterocycles. The summed E-state index contributed by atoms with van der Waals surface area (Å²) in [6.07, 6.45) is 10.3. The van der Waals surface area contributed by atoms with E-state index in [-0.39, 0.29) is 12.8 Å². The largest absolute Gasteiger partial charge is 0.481 e. The number of aliphatic hydroxyl groups is 2. The van der Waals surface area contributed by atoms with Crippen molar-refractivity contribution in [2.24, 2.45) is 5.73 Å². The van der Waals surface area contributed by atoms with Gasteiger partial charge in [-0.3, -0.25) is 28.8 Å². The lowest BCUT2D eigenvalue weighted by molar-refractivity contribution is -0.267. The summed E-state index contributed by atoms with van der Waals surface area (Å²) >= 11 is 0. The van der Waals surface area contributed by atoms with Crippen LogP contribution in [0.5, 0.6) is 0 Å². The molecular formula is C37H66N4O12. The number of hydrogen-bond acceptors (Lipinski definition) is 11. The van der Waals surface area contributed by atoms with E-state index in [1.165, 1.54) is 91.4 Å². The monoisotopic (exact) mass is 758 g/mol. The van der Waals surface area contributed by atoms with Gasteiger partial charge in [0.2, 0.25) is 23.6 Å². The highest BCUT2D eigenvalue weighted by atomic mass is 16.6. The zero-order valence-electron chi connectivity index (χ0n) is 32.1. The van der Waals surface area contributed by atoms with Crippen molar-refractivity contribution < 1.29 is 58.3 Å². The van der Waals surface area contributed by atoms with Crippen molar-refractivity contribution >= 4 is 35.6 Å². The maximum atomic E-state index is 12.9. The molecule has 0 aromatic carbocycles. The number of aliphatic hydroxyl groups excluding tert-OH is 2. The third kappa shape index (κ3) is 20.6. The summed E-state index contributed by atoms with van der Waals surface area (Å²) in [4.78, 5) is 72.3. The summed E-state index contributed by atoms with van der Waals surface area (Å²) in [5, 5.41) is 37.8. The Kier molecular flexibility index (Phi) is 24.5. The first-order valence-corrected chi connectivity index (χ1v) is 19.4. The van der Waals surface area contributed by atoms with Gasteiger partial charge in [-0.25, -0.2) is 0 Å². The van der Waals surface area contributed by atoms with E-state index < -0.39 is 97.4 Å². The zero-order chi connectivity index (χ0) is 39.8. The first-order chi connectivity index (χ1) is 25.2. The van der Waals surface area contributed by atoms with Crippen LogP contribution in [0.3, 0.4) is 0 Å². The number of rotatable bonds is 29. The number of esters is 1. The molecule has 0 aromatic rings. The summed E-state index contributed by atoms with van der Waals surface area (Å²) in [5.41, 5.74) is 5.25. The molecule has 306 valence electrons. The van der Waals surface area contributed by atoms with Crippen molar-refractivity contribution in [3.63, 3.8) is 0 Å². The fourth-order valence-electron chi connectivity index (χ4n) is 6.05. The molecule has 6 unspecified atom stereocenters. The van der Waals surface area contributed by atoms with Crippen LogP contribution in [-0.2, 0) is 43.0 Å². The van der Waals surface area contributed by atoms with Crippen LogP contribution in [0, 0.1) is 0 Å². The lowest BCUT2D eigenvalue weighted by atomic mass is 9.96. The van der Waals surface area contributed by atoms with E-state index in [0.717, 1.165) is 19.3 Å². The maximum absolute atomic E-state index is 12.9. The van der Waals surface area contributed by atoms with E-state index in [2.05, 4.69) is 22.9 Å². The number of unbranched alkanes of at least 4 members (excludes halogenated alkanes) is 14. The molecule has 4 amide bonds. The van der Waals surface area contributed by atoms with Crippen molar-refractivity contribution in [3.8, 4) is 0 Å². The molecule has 0 aromatic heterocycles. The number of carbonyl (C=O) groups excluding carboxylic acids is 5. The molecule has 1 aliphatic heterocycles. The Morgan fingerprint density at radius 3 is 1.79 bits per heavy atom. The van der Waals surface area contributed by atoms with E-state index >= 15 is 0 Å². The van der Waals surface area contributed by atoms with Crippen LogP contribution in [0.1, 0.15) is 143 Å². The average Bonchev–Trinajstić information content (AvgIpc) is 3.09. The van der Waals surface area contributed by atoms with Crippen molar-refractivity contribution in [2.45, 2.75) is 192 Å². The highest BCUT2D eigenvalue weighted by molar-refractivity contribution is 5.92. The quantitative estimate of drug-likeness (QED) is 0.0429. The van der Waals surface area contributed by atoms with Crippen LogP contribution in [0.4, 0.5) is 0 Å². The number of hydrogen-bond donors (Lipinski definition) is 7. The molecule has 16 heteroatoms. The van der Waals surface area contributed by atoms with E-state index in [1.54, 1.807) is 0 Å². The smallest absolute Gasteiger partial charge is 0.305 e. The van der Waals surface area contributed by atoms with Crippen LogP contribution >= 0.6 is 0 Å². The van der Waals surface area contributed by atoms with Gasteiger partial charge < -0.3 is 51.2 Å². The number of carboxylic acid groups (broad SMARTS) is 1. The third-order valence-corrected chi connectivity index (χ3v) is 9.25. The third-order valence-electron chi connectivity index (χ3n) is 9.25. The van der Waals surface area contributed by atoms with Crippen molar-refractivity contribution in [3.05, 3.63) is 0 Å². The van der Waals surface area contributed by atoms with Crippen LogP contribution in [-0.4, -0.2) is 106 Å². The molecule has 0 aliphatic carbocycles. The Morgan fingerprint density at radius 2 is 1.30 bits per heavy atom. The first kappa shape index (κ1) is 47.7. The Hall–Kier alpha value is -3.34. The van der Waals surface area contributed by atoms with Gasteiger partial charge in [0.1, 0.15) is 49.1 Å². The van der Waals surface area contributed by atoms with Crippen LogP contribution < -0.4 is 21.7 Å². The van der Waals surface area contributed by atoms with Gasteiger partial charge in [0, 0.05) is 19.8 Å². The molecule has 8 atom stereocenters. The van der Waals surface area contributed by atoms with Crippen LogP contribution in [0.15, 0.2) is 0 Å². The lowest BCUT2D eigenvalue weighted by Crippen LogP contribution is -2.66. The van der Waals surface area contributed by atoms with E-state index in [4.69, 9.17) is 25.1 Å². The number of nitrogens with two attached hydrogens (primary N) is 1. The first-order valence-electron chi connectivity index (χ1n) is 19.4. The molecule has 1 saturated heterocycles. The minimum atomic E-state index is -1.69. The summed E-state index contributed by atoms with van der Waals surface area (Å²) < 4.78 is 16.6. The van der Waals surface area contributed by atoms with Gasteiger partial charge in [-0.2, -0.15) is 0 Å². The Balaban J connectivity index is 2.53. The number of nitrogens with one attached hydrogen (secondary N) is 3. The van der Waals surface area contributed by atoms with Gasteiger partial charge in [-0.15, -0.1) is 0 Å². The summed E-state index contributed by atoms with van der Waals surface area (Å²) in [5.74, 6) is -4.85. The summed E-state index contributed by atoms with van der Waals surface area (Å²) in [6.45, 7) is 5.62. The van der Waals surface area contributed by atoms with Crippen LogP contribution in [0.25, 0.3) is 0 Å². The number of amides is 4. The fourth-order valence-corrected chi connectivity index (χ4v) is 6.05. The molecule has 0 saturated carbocycles. The second-order valence-electron chi connectivity index (χ2n) is 14.0. The van der Waals surface area contributed by atoms with Gasteiger partial charge >= 0.3 is 11.9 Å². The molecule has 1 fully saturated rings. The molecule has 0 spiro atoms. The minimum absolute atomic E-state index is 0.181. The van der Waals surface area contributed by atoms with Gasteiger partial charge in [0.05, 0.1) is 0 Å². The van der Waals surface area contributed by atoms with Crippen LogP contribution in [0.2, 0.25) is 0 Å². The Labute approximate surface area is 314 Å². The van der Waals surface area contributed by atoms with E-state index in [9.17, 15) is 39.0 Å². The second-order valence-corrected chi connectivity index (χ2v) is 14.0. The number of primary amides is 1. The SMILES string of the molecule is CCCCCCCCCCCCCCCCCC(=O)OCC1OC(O)C(NC(C)=O)C(O[C@H](C)C(=O)N[C@@H](C)C(=O)NC(CCC(=O)O)C(N)=O)C1O. The van der Waals surface area contributed by atoms with E-state index in [1.807, 2.05) is 0 Å². The second kappa shape index (κ2) is 27.3. The molecule has 0 radical (unpaired) electrons. The van der Waals surface area contributed by atoms with E-state index in [0.29, 0.717) is 6.42 Å². The number of carbonyl (C=O) groups is 6. The molecule has 53 heavy (non-hydrogen) atoms. The van der Waals surface area contributed by atoms with Gasteiger partial charge in [0.15, 0.2) is 6.29 Å². The highest BCUT2D eigenvalue weighted by Crippen LogP contribution is 2.25. The lowest BCUT2D eigenvalue weighted by Gasteiger charge is -2.43. The van der Waals surface area contributed by atoms with Crippen molar-refractivity contribution in [2.75, 3.05) is 6.61 Å². The number of ether oxygens (including phenoxy) is 3. The standard InChI is InChI=1S/C37H66N4O12/c1-5-6-7-8-9-10-11-12-13-14-15-16-17-18-19-20-30(45)51-23-28-32(46)33(31(37(50)53-28)40-26(4)42)52-25(3)36(49)39-24(2)35(48)41-27(34(38)47)21-22-29(43)44/h24-25,27-28,31-33,37,46,50H,5-23H2,1-4H3,(H2,38,47)(H,39,49)(H,40,42)(H,41,48)(H,43,44)/t24-,25+,27?,28?,31?,32?,33?,37?/m0/s1. The summed E-state index contributed by atoms with van der Waals surface area (Å²) in [6, 6.07) is -3.80. The maximum Gasteiger partial charge on any atom is 0.305 e. The Morgan fingerprint density at radius 1 is 0.774 bits per heavy atom. The normalized spacial score (nSPS) is 21.5.